The molecule has 0 radical (unpaired) electrons. The zero-order valence-electron chi connectivity index (χ0n) is 11.6. The predicted molar refractivity (Wildman–Crippen MR) is 68.5 cm³/mol. The summed E-state index contributed by atoms with van der Waals surface area (Å²) in [6, 6.07) is 0. The van der Waals surface area contributed by atoms with Gasteiger partial charge >= 0.3 is 0 Å². The molecule has 16 heavy (non-hydrogen) atoms. The summed E-state index contributed by atoms with van der Waals surface area (Å²) in [6.45, 7) is 11.7. The molecule has 0 aromatic heterocycles. The second kappa shape index (κ2) is 5.51. The van der Waals surface area contributed by atoms with Gasteiger partial charge in [-0.2, -0.15) is 0 Å². The van der Waals surface area contributed by atoms with Gasteiger partial charge < -0.3 is 5.11 Å². The second-order valence-corrected chi connectivity index (χ2v) is 6.13. The molecule has 0 unspecified atom stereocenters. The van der Waals surface area contributed by atoms with Crippen LogP contribution in [-0.4, -0.2) is 10.9 Å². The molecule has 94 valence electrons. The fourth-order valence-electron chi connectivity index (χ4n) is 1.28. The van der Waals surface area contributed by atoms with E-state index in [-0.39, 0.29) is 22.4 Å². The first kappa shape index (κ1) is 15.2. The van der Waals surface area contributed by atoms with E-state index in [4.69, 9.17) is 0 Å². The van der Waals surface area contributed by atoms with Crippen molar-refractivity contribution in [3.05, 3.63) is 11.8 Å². The van der Waals surface area contributed by atoms with Gasteiger partial charge in [-0.3, -0.25) is 4.79 Å². The summed E-state index contributed by atoms with van der Waals surface area (Å²) in [5, 5.41) is 9.79. The third-order valence-electron chi connectivity index (χ3n) is 2.86. The van der Waals surface area contributed by atoms with Crippen LogP contribution in [0.15, 0.2) is 11.8 Å². The summed E-state index contributed by atoms with van der Waals surface area (Å²) in [7, 11) is 0. The average molecular weight is 226 g/mol. The SMILES string of the molecule is CCCCC(C)(C)C(=O)/C=C(\O)C(C)(C)C. The normalized spacial score (nSPS) is 14.0. The second-order valence-electron chi connectivity index (χ2n) is 6.13. The number of rotatable bonds is 5. The van der Waals surface area contributed by atoms with Crippen molar-refractivity contribution in [2.24, 2.45) is 10.8 Å². The van der Waals surface area contributed by atoms with Crippen LogP contribution in [0.2, 0.25) is 0 Å². The number of allylic oxidation sites excluding steroid dienone is 2. The van der Waals surface area contributed by atoms with Gasteiger partial charge in [0.1, 0.15) is 5.76 Å². The maximum absolute atomic E-state index is 12.0. The number of aliphatic hydroxyl groups is 1. The number of hydrogen-bond donors (Lipinski definition) is 1. The van der Waals surface area contributed by atoms with Crippen LogP contribution in [0.5, 0.6) is 0 Å². The summed E-state index contributed by atoms with van der Waals surface area (Å²) < 4.78 is 0. The third kappa shape index (κ3) is 4.82. The van der Waals surface area contributed by atoms with Gasteiger partial charge in [0.25, 0.3) is 0 Å². The largest absolute Gasteiger partial charge is 0.512 e. The molecule has 2 heteroatoms. The van der Waals surface area contributed by atoms with Gasteiger partial charge in [-0.05, 0) is 6.42 Å². The van der Waals surface area contributed by atoms with Crippen LogP contribution in [0.25, 0.3) is 0 Å². The molecule has 0 spiro atoms. The molecule has 0 atom stereocenters. The Kier molecular flexibility index (Phi) is 5.24. The number of carbonyl (C=O) groups is 1. The fourth-order valence-corrected chi connectivity index (χ4v) is 1.28. The minimum atomic E-state index is -0.366. The van der Waals surface area contributed by atoms with Gasteiger partial charge in [0.2, 0.25) is 0 Å². The number of unbranched alkanes of at least 4 members (excludes halogenated alkanes) is 1. The fraction of sp³-hybridized carbons (Fsp3) is 0.786. The Bertz CT molecular complexity index is 267. The van der Waals surface area contributed by atoms with E-state index in [0.29, 0.717) is 0 Å². The molecule has 0 aliphatic carbocycles. The molecule has 0 fully saturated rings. The topological polar surface area (TPSA) is 37.3 Å². The lowest BCUT2D eigenvalue weighted by Gasteiger charge is -2.23. The number of ketones is 1. The molecule has 0 aromatic rings. The number of hydrogen-bond acceptors (Lipinski definition) is 2. The molecular weight excluding hydrogens is 200 g/mol. The number of aliphatic hydroxyl groups excluding tert-OH is 1. The van der Waals surface area contributed by atoms with Crippen LogP contribution in [0.1, 0.15) is 60.8 Å². The van der Waals surface area contributed by atoms with Crippen molar-refractivity contribution in [3.8, 4) is 0 Å². The quantitative estimate of drug-likeness (QED) is 0.562. The van der Waals surface area contributed by atoms with Gasteiger partial charge in [0.15, 0.2) is 5.78 Å². The van der Waals surface area contributed by atoms with Gasteiger partial charge in [-0.1, -0.05) is 54.4 Å². The van der Waals surface area contributed by atoms with Crippen molar-refractivity contribution in [2.75, 3.05) is 0 Å². The highest BCUT2D eigenvalue weighted by Gasteiger charge is 2.27. The van der Waals surface area contributed by atoms with Crippen molar-refractivity contribution in [1.82, 2.24) is 0 Å². The monoisotopic (exact) mass is 226 g/mol. The summed E-state index contributed by atoms with van der Waals surface area (Å²) in [5.41, 5.74) is -0.717. The zero-order valence-corrected chi connectivity index (χ0v) is 11.6. The summed E-state index contributed by atoms with van der Waals surface area (Å²) in [4.78, 5) is 12.0. The molecule has 1 N–H and O–H groups in total. The van der Waals surface area contributed by atoms with E-state index in [0.717, 1.165) is 19.3 Å². The Morgan fingerprint density at radius 2 is 1.69 bits per heavy atom. The maximum Gasteiger partial charge on any atom is 0.164 e. The van der Waals surface area contributed by atoms with Gasteiger partial charge in [-0.15, -0.1) is 0 Å². The average Bonchev–Trinajstić information content (AvgIpc) is 2.13. The van der Waals surface area contributed by atoms with Crippen LogP contribution >= 0.6 is 0 Å². The third-order valence-corrected chi connectivity index (χ3v) is 2.86. The van der Waals surface area contributed by atoms with Gasteiger partial charge in [0.05, 0.1) is 0 Å². The van der Waals surface area contributed by atoms with Crippen molar-refractivity contribution >= 4 is 5.78 Å². The molecule has 0 aromatic carbocycles. The Morgan fingerprint density at radius 3 is 2.06 bits per heavy atom. The van der Waals surface area contributed by atoms with E-state index < -0.39 is 0 Å². The van der Waals surface area contributed by atoms with Crippen molar-refractivity contribution in [3.63, 3.8) is 0 Å². The number of carbonyl (C=O) groups excluding carboxylic acids is 1. The van der Waals surface area contributed by atoms with E-state index in [1.165, 1.54) is 6.08 Å². The van der Waals surface area contributed by atoms with Crippen molar-refractivity contribution < 1.29 is 9.90 Å². The molecule has 0 aliphatic rings. The molecule has 2 nitrogen and oxygen atoms in total. The molecule has 0 amide bonds. The highest BCUT2D eigenvalue weighted by molar-refractivity contribution is 5.94. The lowest BCUT2D eigenvalue weighted by atomic mass is 9.81. The standard InChI is InChI=1S/C14H26O2/c1-7-8-9-14(5,6)12(16)10-11(15)13(2,3)4/h10,15H,7-9H2,1-6H3/b11-10-. The molecule has 0 saturated heterocycles. The van der Waals surface area contributed by atoms with E-state index in [1.807, 2.05) is 34.6 Å². The van der Waals surface area contributed by atoms with Crippen LogP contribution < -0.4 is 0 Å². The van der Waals surface area contributed by atoms with Crippen molar-refractivity contribution in [2.45, 2.75) is 60.8 Å². The lowest BCUT2D eigenvalue weighted by Crippen LogP contribution is -2.24. The van der Waals surface area contributed by atoms with Crippen LogP contribution in [0.3, 0.4) is 0 Å². The highest BCUT2D eigenvalue weighted by atomic mass is 16.3. The summed E-state index contributed by atoms with van der Waals surface area (Å²) >= 11 is 0. The van der Waals surface area contributed by atoms with E-state index in [1.54, 1.807) is 0 Å². The Labute approximate surface area is 99.7 Å². The predicted octanol–water partition coefficient (Wildman–Crippen LogP) is 4.26. The van der Waals surface area contributed by atoms with Crippen molar-refractivity contribution in [1.29, 1.82) is 0 Å². The molecule has 0 saturated carbocycles. The Balaban J connectivity index is 4.68. The van der Waals surface area contributed by atoms with Crippen LogP contribution in [-0.2, 0) is 4.79 Å². The molecular formula is C14H26O2. The van der Waals surface area contributed by atoms with Crippen LogP contribution in [0.4, 0.5) is 0 Å². The minimum Gasteiger partial charge on any atom is -0.512 e. The first-order chi connectivity index (χ1) is 7.11. The molecule has 0 heterocycles. The molecule has 0 aliphatic heterocycles. The Morgan fingerprint density at radius 1 is 1.19 bits per heavy atom. The van der Waals surface area contributed by atoms with E-state index in [9.17, 15) is 9.90 Å². The van der Waals surface area contributed by atoms with Gasteiger partial charge in [-0.25, -0.2) is 0 Å². The lowest BCUT2D eigenvalue weighted by molar-refractivity contribution is -0.122. The van der Waals surface area contributed by atoms with E-state index in [2.05, 4.69) is 6.92 Å². The first-order valence-electron chi connectivity index (χ1n) is 6.07. The first-order valence-corrected chi connectivity index (χ1v) is 6.07. The summed E-state index contributed by atoms with van der Waals surface area (Å²) in [5.74, 6) is 0.190. The Hall–Kier alpha value is -0.790. The summed E-state index contributed by atoms with van der Waals surface area (Å²) in [6.07, 6.45) is 4.40. The highest BCUT2D eigenvalue weighted by Crippen LogP contribution is 2.28. The van der Waals surface area contributed by atoms with Gasteiger partial charge in [0, 0.05) is 16.9 Å². The maximum atomic E-state index is 12.0. The smallest absolute Gasteiger partial charge is 0.164 e. The van der Waals surface area contributed by atoms with E-state index >= 15 is 0 Å². The molecule has 0 rings (SSSR count). The van der Waals surface area contributed by atoms with Crippen LogP contribution in [0, 0.1) is 10.8 Å². The minimum absolute atomic E-state index is 0.0216. The molecule has 0 bridgehead atoms. The zero-order chi connectivity index (χ0) is 13.0.